The summed E-state index contributed by atoms with van der Waals surface area (Å²) in [6.45, 7) is 6.45. The van der Waals surface area contributed by atoms with Crippen LogP contribution in [-0.4, -0.2) is 16.9 Å². The van der Waals surface area contributed by atoms with Crippen LogP contribution in [0.25, 0.3) is 6.08 Å². The molecule has 7 heteroatoms. The third kappa shape index (κ3) is 5.95. The zero-order valence-corrected chi connectivity index (χ0v) is 23.2. The first-order valence-corrected chi connectivity index (χ1v) is 13.2. The van der Waals surface area contributed by atoms with Gasteiger partial charge >= 0.3 is 0 Å². The van der Waals surface area contributed by atoms with Crippen LogP contribution in [0.2, 0.25) is 0 Å². The summed E-state index contributed by atoms with van der Waals surface area (Å²) in [7, 11) is 0. The van der Waals surface area contributed by atoms with Crippen molar-refractivity contribution in [2.24, 2.45) is 0 Å². The normalized spacial score (nSPS) is 14.7. The van der Waals surface area contributed by atoms with Crippen LogP contribution in [0, 0.1) is 0 Å². The molecule has 0 spiro atoms. The predicted octanol–water partition coefficient (Wildman–Crippen LogP) is 7.40. The van der Waals surface area contributed by atoms with E-state index in [-0.39, 0.29) is 16.1 Å². The van der Waals surface area contributed by atoms with Crippen LogP contribution < -0.4 is 19.7 Å². The maximum atomic E-state index is 13.6. The van der Waals surface area contributed by atoms with Crippen molar-refractivity contribution in [3.8, 4) is 23.0 Å². The fourth-order valence-electron chi connectivity index (χ4n) is 4.18. The molecule has 0 atom stereocenters. The van der Waals surface area contributed by atoms with E-state index in [2.05, 4.69) is 26.1 Å². The van der Waals surface area contributed by atoms with Crippen molar-refractivity contribution in [1.82, 2.24) is 5.32 Å². The van der Waals surface area contributed by atoms with Gasteiger partial charge in [-0.1, -0.05) is 69.3 Å². The lowest BCUT2D eigenvalue weighted by Gasteiger charge is -2.29. The minimum absolute atomic E-state index is 0.00681. The topological polar surface area (TPSA) is 67.9 Å². The molecule has 1 aliphatic heterocycles. The number of thiocarbonyl (C=S) groups is 1. The van der Waals surface area contributed by atoms with Crippen LogP contribution in [-0.2, 0) is 15.0 Å². The van der Waals surface area contributed by atoms with Crippen LogP contribution >= 0.6 is 12.2 Å². The number of nitrogens with one attached hydrogen (secondary N) is 1. The van der Waals surface area contributed by atoms with Gasteiger partial charge in [-0.05, 0) is 83.9 Å². The van der Waals surface area contributed by atoms with Gasteiger partial charge in [0.2, 0.25) is 0 Å². The zero-order valence-electron chi connectivity index (χ0n) is 22.4. The quantitative estimate of drug-likeness (QED) is 0.154. The first kappa shape index (κ1) is 26.8. The molecule has 4 aromatic rings. The van der Waals surface area contributed by atoms with Gasteiger partial charge in [0.15, 0.2) is 5.11 Å². The molecule has 6 nitrogen and oxygen atoms in total. The maximum absolute atomic E-state index is 13.6. The van der Waals surface area contributed by atoms with Crippen molar-refractivity contribution in [2.45, 2.75) is 26.2 Å². The summed E-state index contributed by atoms with van der Waals surface area (Å²) < 4.78 is 12.0. The smallest absolute Gasteiger partial charge is 0.270 e. The summed E-state index contributed by atoms with van der Waals surface area (Å²) in [5, 5.41) is 2.64. The Labute approximate surface area is 238 Å². The van der Waals surface area contributed by atoms with Gasteiger partial charge in [-0.2, -0.15) is 0 Å². The van der Waals surface area contributed by atoms with Gasteiger partial charge in [-0.3, -0.25) is 19.8 Å². The van der Waals surface area contributed by atoms with Crippen LogP contribution in [0.3, 0.4) is 0 Å². The highest BCUT2D eigenvalue weighted by atomic mass is 32.1. The van der Waals surface area contributed by atoms with Gasteiger partial charge in [-0.25, -0.2) is 0 Å². The lowest BCUT2D eigenvalue weighted by Crippen LogP contribution is -2.54. The molecular formula is C33H28N2O4S. The van der Waals surface area contributed by atoms with Crippen molar-refractivity contribution in [2.75, 3.05) is 4.90 Å². The summed E-state index contributed by atoms with van der Waals surface area (Å²) in [4.78, 5) is 27.7. The molecule has 2 amide bonds. The Morgan fingerprint density at radius 1 is 0.725 bits per heavy atom. The molecule has 4 aromatic carbocycles. The Morgan fingerprint density at radius 3 is 1.98 bits per heavy atom. The third-order valence-electron chi connectivity index (χ3n) is 6.34. The molecule has 0 radical (unpaired) electrons. The Morgan fingerprint density at radius 2 is 1.30 bits per heavy atom. The molecule has 1 saturated heterocycles. The highest BCUT2D eigenvalue weighted by Crippen LogP contribution is 2.31. The largest absolute Gasteiger partial charge is 0.457 e. The van der Waals surface area contributed by atoms with Gasteiger partial charge in [0, 0.05) is 5.56 Å². The minimum atomic E-state index is -0.570. The van der Waals surface area contributed by atoms with E-state index in [9.17, 15) is 9.59 Å². The number of para-hydroxylation sites is 2. The predicted molar refractivity (Wildman–Crippen MR) is 161 cm³/mol. The van der Waals surface area contributed by atoms with Crippen molar-refractivity contribution in [1.29, 1.82) is 0 Å². The van der Waals surface area contributed by atoms with Crippen molar-refractivity contribution >= 4 is 40.9 Å². The number of carbonyl (C=O) groups is 2. The molecular weight excluding hydrogens is 520 g/mol. The number of benzene rings is 4. The van der Waals surface area contributed by atoms with E-state index in [4.69, 9.17) is 21.7 Å². The first-order chi connectivity index (χ1) is 19.2. The molecule has 200 valence electrons. The van der Waals surface area contributed by atoms with E-state index in [1.54, 1.807) is 36.4 Å². The van der Waals surface area contributed by atoms with Crippen LogP contribution in [0.4, 0.5) is 5.69 Å². The highest BCUT2D eigenvalue weighted by molar-refractivity contribution is 7.80. The average Bonchev–Trinajstić information content (AvgIpc) is 2.93. The molecule has 1 aliphatic rings. The van der Waals surface area contributed by atoms with Crippen LogP contribution in [0.1, 0.15) is 31.9 Å². The Balaban J connectivity index is 1.39. The average molecular weight is 549 g/mol. The molecule has 0 unspecified atom stereocenters. The van der Waals surface area contributed by atoms with E-state index in [1.165, 1.54) is 16.5 Å². The minimum Gasteiger partial charge on any atom is -0.457 e. The van der Waals surface area contributed by atoms with Gasteiger partial charge in [-0.15, -0.1) is 0 Å². The third-order valence-corrected chi connectivity index (χ3v) is 6.63. The van der Waals surface area contributed by atoms with Crippen LogP contribution in [0.15, 0.2) is 109 Å². The zero-order chi connectivity index (χ0) is 28.3. The maximum Gasteiger partial charge on any atom is 0.270 e. The lowest BCUT2D eigenvalue weighted by molar-refractivity contribution is -0.122. The number of nitrogens with zero attached hydrogens (tertiary/aromatic N) is 1. The van der Waals surface area contributed by atoms with Crippen molar-refractivity contribution in [3.63, 3.8) is 0 Å². The number of hydrogen-bond donors (Lipinski definition) is 1. The fraction of sp³-hybridized carbons (Fsp3) is 0.121. The molecule has 0 saturated carbocycles. The summed E-state index contributed by atoms with van der Waals surface area (Å²) in [6, 6.07) is 31.4. The summed E-state index contributed by atoms with van der Waals surface area (Å²) in [5.74, 6) is 1.37. The van der Waals surface area contributed by atoms with Gasteiger partial charge in [0.25, 0.3) is 11.8 Å². The fourth-order valence-corrected chi connectivity index (χ4v) is 4.46. The molecule has 0 bridgehead atoms. The monoisotopic (exact) mass is 548 g/mol. The van der Waals surface area contributed by atoms with Crippen molar-refractivity contribution in [3.05, 3.63) is 120 Å². The second-order valence-corrected chi connectivity index (χ2v) is 10.7. The summed E-state index contributed by atoms with van der Waals surface area (Å²) in [6.07, 6.45) is 1.53. The number of ether oxygens (including phenoxy) is 2. The van der Waals surface area contributed by atoms with Crippen molar-refractivity contribution < 1.29 is 19.1 Å². The van der Waals surface area contributed by atoms with Gasteiger partial charge < -0.3 is 9.47 Å². The number of rotatable bonds is 6. The Hall–Kier alpha value is -4.75. The molecule has 1 heterocycles. The SMILES string of the molecule is CC(C)(C)c1ccc(Oc2ccccc2C=C2C(=O)NC(=S)N(c3ccc(Oc4ccccc4)cc3)C2=O)cc1. The van der Waals surface area contributed by atoms with Crippen LogP contribution in [0.5, 0.6) is 23.0 Å². The highest BCUT2D eigenvalue weighted by Gasteiger charge is 2.34. The first-order valence-electron chi connectivity index (χ1n) is 12.8. The van der Waals surface area contributed by atoms with E-state index in [1.807, 2.05) is 66.7 Å². The van der Waals surface area contributed by atoms with E-state index in [0.717, 1.165) is 0 Å². The molecule has 0 aliphatic carbocycles. The second-order valence-electron chi connectivity index (χ2n) is 10.3. The Bertz CT molecular complexity index is 1590. The van der Waals surface area contributed by atoms with E-state index in [0.29, 0.717) is 34.2 Å². The lowest BCUT2D eigenvalue weighted by atomic mass is 9.87. The summed E-state index contributed by atoms with van der Waals surface area (Å²) in [5.41, 5.74) is 2.25. The van der Waals surface area contributed by atoms with E-state index < -0.39 is 11.8 Å². The van der Waals surface area contributed by atoms with Gasteiger partial charge in [0.05, 0.1) is 5.69 Å². The molecule has 1 N–H and O–H groups in total. The molecule has 40 heavy (non-hydrogen) atoms. The van der Waals surface area contributed by atoms with E-state index >= 15 is 0 Å². The van der Waals surface area contributed by atoms with Gasteiger partial charge in [0.1, 0.15) is 28.6 Å². The molecule has 5 rings (SSSR count). The standard InChI is InChI=1S/C33H28N2O4S/c1-33(2,3)23-13-17-27(18-14-23)39-29-12-8-7-9-22(29)21-28-30(36)34-32(40)35(31(28)37)24-15-19-26(20-16-24)38-25-10-5-4-6-11-25/h4-21H,1-3H3,(H,34,36,40). The molecule has 0 aromatic heterocycles. The second kappa shape index (κ2) is 11.2. The number of carbonyl (C=O) groups excluding carboxylic acids is 2. The number of hydrogen-bond acceptors (Lipinski definition) is 5. The summed E-state index contributed by atoms with van der Waals surface area (Å²) >= 11 is 5.36. The Kier molecular flexibility index (Phi) is 7.49. The number of amides is 2. The number of anilines is 1. The molecule has 1 fully saturated rings.